The highest BCUT2D eigenvalue weighted by Gasteiger charge is 2.41. The molecule has 1 aliphatic heterocycles. The van der Waals surface area contributed by atoms with Crippen LogP contribution in [0.15, 0.2) is 75.8 Å². The molecule has 0 unspecified atom stereocenters. The number of carbonyl (C=O) groups is 2. The molecule has 0 spiro atoms. The number of nitrogens with zero attached hydrogens (tertiary/aromatic N) is 1. The van der Waals surface area contributed by atoms with E-state index in [1.807, 2.05) is 47.8 Å². The van der Waals surface area contributed by atoms with Gasteiger partial charge in [0.15, 0.2) is 0 Å². The number of amides is 2. The Morgan fingerprint density at radius 3 is 2.19 bits per heavy atom. The summed E-state index contributed by atoms with van der Waals surface area (Å²) in [6.07, 6.45) is 0. The van der Waals surface area contributed by atoms with Gasteiger partial charge in [0.2, 0.25) is 0 Å². The molecule has 2 amide bonds. The molecule has 3 aromatic rings. The summed E-state index contributed by atoms with van der Waals surface area (Å²) < 4.78 is 0. The van der Waals surface area contributed by atoms with Crippen LogP contribution in [-0.4, -0.2) is 11.8 Å². The molecule has 2 aromatic carbocycles. The van der Waals surface area contributed by atoms with E-state index in [2.05, 4.69) is 0 Å². The third kappa shape index (κ3) is 3.56. The Morgan fingerprint density at radius 1 is 0.852 bits per heavy atom. The maximum atomic E-state index is 13.2. The molecule has 0 N–H and O–H groups in total. The number of thiophene rings is 1. The quantitative estimate of drug-likeness (QED) is 0.466. The van der Waals surface area contributed by atoms with Crippen molar-refractivity contribution < 1.29 is 9.59 Å². The Hall–Kier alpha value is -2.05. The molecule has 1 aliphatic rings. The van der Waals surface area contributed by atoms with Crippen molar-refractivity contribution in [2.24, 2.45) is 0 Å². The molecule has 134 valence electrons. The van der Waals surface area contributed by atoms with Crippen molar-refractivity contribution in [2.75, 3.05) is 4.90 Å². The topological polar surface area (TPSA) is 37.4 Å². The molecule has 0 aliphatic carbocycles. The van der Waals surface area contributed by atoms with Gasteiger partial charge in [-0.25, -0.2) is 4.90 Å². The van der Waals surface area contributed by atoms with Crippen molar-refractivity contribution in [3.05, 3.63) is 85.9 Å². The first-order chi connectivity index (χ1) is 13.0. The van der Waals surface area contributed by atoms with E-state index in [1.165, 1.54) is 23.1 Å². The molecule has 0 bridgehead atoms. The van der Waals surface area contributed by atoms with Gasteiger partial charge < -0.3 is 0 Å². The lowest BCUT2D eigenvalue weighted by Gasteiger charge is -2.15. The summed E-state index contributed by atoms with van der Waals surface area (Å²) in [5.41, 5.74) is 0.764. The number of thioether (sulfide) groups is 1. The molecule has 0 atom stereocenters. The molecule has 0 fully saturated rings. The van der Waals surface area contributed by atoms with Crippen LogP contribution in [0.3, 0.4) is 0 Å². The summed E-state index contributed by atoms with van der Waals surface area (Å²) in [7, 11) is 0. The monoisotopic (exact) mass is 431 g/mol. The Kier molecular flexibility index (Phi) is 5.10. The van der Waals surface area contributed by atoms with Gasteiger partial charge in [-0.15, -0.1) is 11.3 Å². The van der Waals surface area contributed by atoms with Crippen molar-refractivity contribution in [3.8, 4) is 0 Å². The molecule has 1 aromatic heterocycles. The van der Waals surface area contributed by atoms with Crippen LogP contribution in [0.5, 0.6) is 0 Å². The minimum Gasteiger partial charge on any atom is -0.268 e. The van der Waals surface area contributed by atoms with Crippen LogP contribution in [0, 0.1) is 0 Å². The highest BCUT2D eigenvalue weighted by atomic mass is 35.5. The molecule has 0 saturated heterocycles. The Bertz CT molecular complexity index is 1040. The van der Waals surface area contributed by atoms with E-state index in [4.69, 9.17) is 23.2 Å². The normalized spacial score (nSPS) is 14.4. The zero-order chi connectivity index (χ0) is 19.0. The number of benzene rings is 2. The SMILES string of the molecule is O=C1C(Sc2ccccc2)=C(c2cccs2)C(=O)N1c1cc(Cl)cc(Cl)c1. The number of carbonyl (C=O) groups excluding carboxylic acids is 2. The van der Waals surface area contributed by atoms with Gasteiger partial charge in [-0.05, 0) is 41.8 Å². The van der Waals surface area contributed by atoms with E-state index in [-0.39, 0.29) is 11.8 Å². The predicted octanol–water partition coefficient (Wildman–Crippen LogP) is 6.13. The molecule has 0 radical (unpaired) electrons. The van der Waals surface area contributed by atoms with Gasteiger partial charge in [0.05, 0.1) is 16.2 Å². The van der Waals surface area contributed by atoms with Gasteiger partial charge in [0.25, 0.3) is 11.8 Å². The van der Waals surface area contributed by atoms with Gasteiger partial charge in [-0.3, -0.25) is 9.59 Å². The minimum absolute atomic E-state index is 0.361. The Balaban J connectivity index is 1.82. The van der Waals surface area contributed by atoms with Gasteiger partial charge in [-0.2, -0.15) is 0 Å². The van der Waals surface area contributed by atoms with Crippen LogP contribution in [0.4, 0.5) is 5.69 Å². The van der Waals surface area contributed by atoms with E-state index < -0.39 is 0 Å². The van der Waals surface area contributed by atoms with Gasteiger partial charge in [0.1, 0.15) is 0 Å². The molecule has 27 heavy (non-hydrogen) atoms. The maximum Gasteiger partial charge on any atom is 0.272 e. The van der Waals surface area contributed by atoms with Crippen LogP contribution < -0.4 is 4.90 Å². The van der Waals surface area contributed by atoms with Gasteiger partial charge in [-0.1, -0.05) is 59.2 Å². The first kappa shape index (κ1) is 18.3. The number of imide groups is 1. The van der Waals surface area contributed by atoms with Crippen molar-refractivity contribution in [2.45, 2.75) is 4.90 Å². The number of rotatable bonds is 4. The Labute approximate surface area is 174 Å². The number of hydrogen-bond acceptors (Lipinski definition) is 4. The zero-order valence-electron chi connectivity index (χ0n) is 13.7. The van der Waals surface area contributed by atoms with Crippen molar-refractivity contribution in [1.82, 2.24) is 0 Å². The number of hydrogen-bond donors (Lipinski definition) is 0. The van der Waals surface area contributed by atoms with Crippen molar-refractivity contribution in [3.63, 3.8) is 0 Å². The van der Waals surface area contributed by atoms with Crippen LogP contribution >= 0.6 is 46.3 Å². The van der Waals surface area contributed by atoms with Crippen molar-refractivity contribution in [1.29, 1.82) is 0 Å². The van der Waals surface area contributed by atoms with E-state index in [0.29, 0.717) is 26.2 Å². The molecular formula is C20H11Cl2NO2S2. The zero-order valence-corrected chi connectivity index (χ0v) is 16.8. The van der Waals surface area contributed by atoms with Gasteiger partial charge >= 0.3 is 0 Å². The third-order valence-electron chi connectivity index (χ3n) is 3.88. The van der Waals surface area contributed by atoms with Crippen molar-refractivity contribution >= 4 is 69.4 Å². The molecule has 4 rings (SSSR count). The number of halogens is 2. The van der Waals surface area contributed by atoms with E-state index in [1.54, 1.807) is 18.2 Å². The fourth-order valence-corrected chi connectivity index (χ4v) is 5.11. The smallest absolute Gasteiger partial charge is 0.268 e. The third-order valence-corrected chi connectivity index (χ3v) is 6.29. The van der Waals surface area contributed by atoms with Crippen LogP contribution in [0.2, 0.25) is 10.0 Å². The lowest BCUT2D eigenvalue weighted by atomic mass is 10.2. The molecular weight excluding hydrogens is 421 g/mol. The van der Waals surface area contributed by atoms with Crippen LogP contribution in [0.1, 0.15) is 4.88 Å². The standard InChI is InChI=1S/C20H11Cl2NO2S2/c21-12-9-13(22)11-14(10-12)23-19(24)17(16-7-4-8-26-16)18(20(23)25)27-15-5-2-1-3-6-15/h1-11H. The molecule has 0 saturated carbocycles. The lowest BCUT2D eigenvalue weighted by Crippen LogP contribution is -2.31. The summed E-state index contributed by atoms with van der Waals surface area (Å²) in [6.45, 7) is 0. The molecule has 7 heteroatoms. The fraction of sp³-hybridized carbons (Fsp3) is 0. The second-order valence-corrected chi connectivity index (χ2v) is 8.57. The number of anilines is 1. The average Bonchev–Trinajstić information content (AvgIpc) is 3.22. The van der Waals surface area contributed by atoms with E-state index in [0.717, 1.165) is 14.7 Å². The highest BCUT2D eigenvalue weighted by molar-refractivity contribution is 8.04. The summed E-state index contributed by atoms with van der Waals surface area (Å²) in [4.78, 5) is 29.6. The maximum absolute atomic E-state index is 13.2. The fourth-order valence-electron chi connectivity index (χ4n) is 2.75. The first-order valence-corrected chi connectivity index (χ1v) is 10.4. The Morgan fingerprint density at radius 2 is 1.56 bits per heavy atom. The largest absolute Gasteiger partial charge is 0.272 e. The first-order valence-electron chi connectivity index (χ1n) is 7.90. The summed E-state index contributed by atoms with van der Waals surface area (Å²) >= 11 is 14.9. The highest BCUT2D eigenvalue weighted by Crippen LogP contribution is 2.43. The summed E-state index contributed by atoms with van der Waals surface area (Å²) in [6, 6.07) is 17.9. The second-order valence-electron chi connectivity index (χ2n) is 5.67. The minimum atomic E-state index is -0.379. The van der Waals surface area contributed by atoms with E-state index in [9.17, 15) is 9.59 Å². The molecule has 2 heterocycles. The predicted molar refractivity (Wildman–Crippen MR) is 112 cm³/mol. The van der Waals surface area contributed by atoms with Crippen LogP contribution in [-0.2, 0) is 9.59 Å². The summed E-state index contributed by atoms with van der Waals surface area (Å²) in [5, 5.41) is 2.60. The second kappa shape index (κ2) is 7.52. The van der Waals surface area contributed by atoms with Crippen LogP contribution in [0.25, 0.3) is 5.57 Å². The molecule has 3 nitrogen and oxygen atoms in total. The van der Waals surface area contributed by atoms with Gasteiger partial charge in [0, 0.05) is 19.8 Å². The average molecular weight is 432 g/mol. The van der Waals surface area contributed by atoms with E-state index >= 15 is 0 Å². The lowest BCUT2D eigenvalue weighted by molar-refractivity contribution is -0.119. The summed E-state index contributed by atoms with van der Waals surface area (Å²) in [5.74, 6) is -0.755.